The summed E-state index contributed by atoms with van der Waals surface area (Å²) < 4.78 is 25.8. The zero-order valence-electron chi connectivity index (χ0n) is 8.41. The lowest BCUT2D eigenvalue weighted by Gasteiger charge is -2.16. The molecule has 0 atom stereocenters. The Kier molecular flexibility index (Phi) is 4.65. The van der Waals surface area contributed by atoms with E-state index in [1.165, 1.54) is 6.07 Å². The number of thiophene rings is 1. The van der Waals surface area contributed by atoms with E-state index in [9.17, 15) is 8.42 Å². The summed E-state index contributed by atoms with van der Waals surface area (Å²) in [5.41, 5.74) is 0. The van der Waals surface area contributed by atoms with Crippen LogP contribution in [0.2, 0.25) is 8.67 Å². The average molecular weight is 298 g/mol. The number of hydrogen-bond acceptors (Lipinski definition) is 3. The molecule has 0 aliphatic rings. The fourth-order valence-electron chi connectivity index (χ4n) is 1.11. The first-order valence-electron chi connectivity index (χ1n) is 4.32. The number of halogens is 2. The van der Waals surface area contributed by atoms with Gasteiger partial charge in [-0.2, -0.15) is 4.31 Å². The normalized spacial score (nSPS) is 11.7. The van der Waals surface area contributed by atoms with Crippen molar-refractivity contribution in [3.63, 3.8) is 0 Å². The fraction of sp³-hybridized carbons (Fsp3) is 0.333. The minimum atomic E-state index is -3.64. The Morgan fingerprint density at radius 1 is 1.56 bits per heavy atom. The average Bonchev–Trinajstić information content (AvgIpc) is 2.54. The zero-order chi connectivity index (χ0) is 12.3. The van der Waals surface area contributed by atoms with Crippen LogP contribution in [-0.4, -0.2) is 25.8 Å². The van der Waals surface area contributed by atoms with Crippen molar-refractivity contribution in [1.29, 1.82) is 0 Å². The summed E-state index contributed by atoms with van der Waals surface area (Å²) in [6, 6.07) is 1.34. The summed E-state index contributed by atoms with van der Waals surface area (Å²) in [4.78, 5) is 0.0151. The number of nitrogens with zero attached hydrogens (tertiary/aromatic N) is 1. The lowest BCUT2D eigenvalue weighted by Crippen LogP contribution is -2.31. The molecule has 1 aromatic rings. The lowest BCUT2D eigenvalue weighted by molar-refractivity contribution is 0.464. The van der Waals surface area contributed by atoms with Gasteiger partial charge in [-0.15, -0.1) is 17.8 Å². The maximum Gasteiger partial charge on any atom is 0.246 e. The van der Waals surface area contributed by atoms with E-state index in [1.807, 2.05) is 0 Å². The molecule has 0 unspecified atom stereocenters. The van der Waals surface area contributed by atoms with Gasteiger partial charge in [-0.1, -0.05) is 36.0 Å². The monoisotopic (exact) mass is 297 g/mol. The highest BCUT2D eigenvalue weighted by molar-refractivity contribution is 7.89. The van der Waals surface area contributed by atoms with E-state index >= 15 is 0 Å². The van der Waals surface area contributed by atoms with Crippen LogP contribution in [-0.2, 0) is 10.0 Å². The third-order valence-electron chi connectivity index (χ3n) is 1.86. The molecular formula is C9H9Cl2NO2S2. The molecule has 0 spiro atoms. The molecule has 0 radical (unpaired) electrons. The molecule has 0 aliphatic heterocycles. The molecule has 0 aliphatic carbocycles. The first-order valence-corrected chi connectivity index (χ1v) is 7.33. The summed E-state index contributed by atoms with van der Waals surface area (Å²) in [7, 11) is -3.64. The number of terminal acetylenes is 1. The fourth-order valence-corrected chi connectivity index (χ4v) is 4.58. The smallest absolute Gasteiger partial charge is 0.207 e. The van der Waals surface area contributed by atoms with Crippen molar-refractivity contribution in [2.45, 2.75) is 11.8 Å². The van der Waals surface area contributed by atoms with Gasteiger partial charge in [0.25, 0.3) is 0 Å². The highest BCUT2D eigenvalue weighted by Gasteiger charge is 2.26. The predicted molar refractivity (Wildman–Crippen MR) is 67.6 cm³/mol. The highest BCUT2D eigenvalue weighted by atomic mass is 35.5. The van der Waals surface area contributed by atoms with Gasteiger partial charge >= 0.3 is 0 Å². The zero-order valence-corrected chi connectivity index (χ0v) is 11.5. The van der Waals surface area contributed by atoms with Crippen LogP contribution in [0.5, 0.6) is 0 Å². The van der Waals surface area contributed by atoms with Crippen molar-refractivity contribution in [2.24, 2.45) is 0 Å². The number of rotatable bonds is 4. The van der Waals surface area contributed by atoms with Gasteiger partial charge in [0.2, 0.25) is 10.0 Å². The Bertz CT molecular complexity index is 516. The molecule has 3 nitrogen and oxygen atoms in total. The molecule has 0 aromatic carbocycles. The molecule has 0 bridgehead atoms. The van der Waals surface area contributed by atoms with E-state index in [-0.39, 0.29) is 22.3 Å². The van der Waals surface area contributed by atoms with E-state index in [1.54, 1.807) is 6.92 Å². The molecule has 0 fully saturated rings. The summed E-state index contributed by atoms with van der Waals surface area (Å²) >= 11 is 12.5. The summed E-state index contributed by atoms with van der Waals surface area (Å²) in [6.07, 6.45) is 5.11. The van der Waals surface area contributed by atoms with Crippen LogP contribution in [0.3, 0.4) is 0 Å². The molecule has 0 amide bonds. The van der Waals surface area contributed by atoms with E-state index in [4.69, 9.17) is 29.6 Å². The van der Waals surface area contributed by atoms with Gasteiger partial charge in [0, 0.05) is 6.54 Å². The van der Waals surface area contributed by atoms with Gasteiger partial charge in [0.1, 0.15) is 9.23 Å². The van der Waals surface area contributed by atoms with Gasteiger partial charge in [0.05, 0.1) is 10.9 Å². The molecule has 1 heterocycles. The highest BCUT2D eigenvalue weighted by Crippen LogP contribution is 2.35. The Balaban J connectivity index is 3.21. The van der Waals surface area contributed by atoms with Crippen LogP contribution in [0, 0.1) is 12.3 Å². The van der Waals surface area contributed by atoms with Crippen molar-refractivity contribution in [3.8, 4) is 12.3 Å². The summed E-state index contributed by atoms with van der Waals surface area (Å²) in [5.74, 6) is 2.29. The summed E-state index contributed by atoms with van der Waals surface area (Å²) in [6.45, 7) is 2.01. The maximum absolute atomic E-state index is 12.1. The Morgan fingerprint density at radius 3 is 2.56 bits per heavy atom. The minimum absolute atomic E-state index is 0.0151. The molecule has 16 heavy (non-hydrogen) atoms. The predicted octanol–water partition coefficient (Wildman–Crippen LogP) is 2.70. The molecule has 88 valence electrons. The van der Waals surface area contributed by atoms with Crippen molar-refractivity contribution in [3.05, 3.63) is 14.7 Å². The van der Waals surface area contributed by atoms with E-state index in [2.05, 4.69) is 5.92 Å². The lowest BCUT2D eigenvalue weighted by atomic mass is 10.6. The maximum atomic E-state index is 12.1. The van der Waals surface area contributed by atoms with E-state index in [0.717, 1.165) is 15.6 Å². The molecule has 1 rings (SSSR count). The first-order chi connectivity index (χ1) is 7.43. The van der Waals surface area contributed by atoms with Crippen LogP contribution in [0.1, 0.15) is 6.92 Å². The standard InChI is InChI=1S/C9H9Cl2NO2S2/c1-3-5-12(4-2)16(13,14)7-6-8(10)15-9(7)11/h1,6H,4-5H2,2H3. The van der Waals surface area contributed by atoms with Crippen LogP contribution in [0.4, 0.5) is 0 Å². The largest absolute Gasteiger partial charge is 0.246 e. The number of hydrogen-bond donors (Lipinski definition) is 0. The molecular weight excluding hydrogens is 289 g/mol. The minimum Gasteiger partial charge on any atom is -0.207 e. The molecule has 0 saturated heterocycles. The SMILES string of the molecule is C#CCN(CC)S(=O)(=O)c1cc(Cl)sc1Cl. The third-order valence-corrected chi connectivity index (χ3v) is 5.54. The Labute approximate surface area is 109 Å². The van der Waals surface area contributed by atoms with Crippen LogP contribution >= 0.6 is 34.5 Å². The van der Waals surface area contributed by atoms with Crippen LogP contribution in [0.15, 0.2) is 11.0 Å². The van der Waals surface area contributed by atoms with Crippen LogP contribution < -0.4 is 0 Å². The van der Waals surface area contributed by atoms with Gasteiger partial charge in [0.15, 0.2) is 0 Å². The second-order valence-corrected chi connectivity index (χ2v) is 7.02. The van der Waals surface area contributed by atoms with Crippen molar-refractivity contribution in [2.75, 3.05) is 13.1 Å². The Hall–Kier alpha value is -0.250. The number of sulfonamides is 1. The molecule has 0 saturated carbocycles. The van der Waals surface area contributed by atoms with Crippen molar-refractivity contribution in [1.82, 2.24) is 4.31 Å². The van der Waals surface area contributed by atoms with E-state index < -0.39 is 10.0 Å². The first kappa shape index (κ1) is 13.8. The van der Waals surface area contributed by atoms with E-state index in [0.29, 0.717) is 4.34 Å². The molecule has 1 aromatic heterocycles. The van der Waals surface area contributed by atoms with Crippen molar-refractivity contribution >= 4 is 44.6 Å². The molecule has 0 N–H and O–H groups in total. The topological polar surface area (TPSA) is 37.4 Å². The summed E-state index contributed by atoms with van der Waals surface area (Å²) in [5, 5.41) is 0. The second kappa shape index (κ2) is 5.39. The Morgan fingerprint density at radius 2 is 2.19 bits per heavy atom. The van der Waals surface area contributed by atoms with Crippen LogP contribution in [0.25, 0.3) is 0 Å². The van der Waals surface area contributed by atoms with Crippen molar-refractivity contribution < 1.29 is 8.42 Å². The van der Waals surface area contributed by atoms with Gasteiger partial charge in [-0.3, -0.25) is 0 Å². The van der Waals surface area contributed by atoms with Gasteiger partial charge in [-0.25, -0.2) is 8.42 Å². The third kappa shape index (κ3) is 2.70. The second-order valence-electron chi connectivity index (χ2n) is 2.82. The quantitative estimate of drug-likeness (QED) is 0.802. The van der Waals surface area contributed by atoms with Gasteiger partial charge in [-0.05, 0) is 6.07 Å². The van der Waals surface area contributed by atoms with Gasteiger partial charge < -0.3 is 0 Å². The molecule has 7 heteroatoms.